The third-order valence-electron chi connectivity index (χ3n) is 2.41. The lowest BCUT2D eigenvalue weighted by Gasteiger charge is -2.17. The Hall–Kier alpha value is -1.40. The van der Waals surface area contributed by atoms with Crippen molar-refractivity contribution in [3.63, 3.8) is 0 Å². The molecule has 0 saturated carbocycles. The standard InChI is InChI=1S/C11H16N2O4/c1-7-4-9(17-13-7)10(14)12-5-8-6-15-11(2,3)16-8/h4,8H,5-6H2,1-3H3,(H,12,14). The maximum absolute atomic E-state index is 11.6. The van der Waals surface area contributed by atoms with E-state index in [4.69, 9.17) is 14.0 Å². The van der Waals surface area contributed by atoms with Gasteiger partial charge in [-0.15, -0.1) is 0 Å². The molecule has 94 valence electrons. The minimum atomic E-state index is -0.571. The van der Waals surface area contributed by atoms with Crippen LogP contribution in [0.5, 0.6) is 0 Å². The predicted molar refractivity (Wildman–Crippen MR) is 58.5 cm³/mol. The molecule has 0 radical (unpaired) electrons. The van der Waals surface area contributed by atoms with Crippen molar-refractivity contribution in [3.8, 4) is 0 Å². The average molecular weight is 240 g/mol. The molecule has 0 spiro atoms. The van der Waals surface area contributed by atoms with Crippen LogP contribution in [0.2, 0.25) is 0 Å². The van der Waals surface area contributed by atoms with Crippen molar-refractivity contribution in [2.24, 2.45) is 0 Å². The molecule has 1 atom stereocenters. The summed E-state index contributed by atoms with van der Waals surface area (Å²) in [7, 11) is 0. The Kier molecular flexibility index (Phi) is 3.17. The highest BCUT2D eigenvalue weighted by Gasteiger charge is 2.32. The molecule has 0 aliphatic carbocycles. The van der Waals surface area contributed by atoms with E-state index in [1.807, 2.05) is 13.8 Å². The molecule has 2 rings (SSSR count). The first-order valence-electron chi connectivity index (χ1n) is 5.49. The molecule has 2 heterocycles. The first kappa shape index (κ1) is 12.1. The number of rotatable bonds is 3. The summed E-state index contributed by atoms with van der Waals surface area (Å²) in [5.41, 5.74) is 0.678. The van der Waals surface area contributed by atoms with E-state index in [1.165, 1.54) is 0 Å². The van der Waals surface area contributed by atoms with Crippen LogP contribution in [-0.4, -0.2) is 36.1 Å². The minimum absolute atomic E-state index is 0.127. The van der Waals surface area contributed by atoms with Gasteiger partial charge < -0.3 is 19.3 Å². The van der Waals surface area contributed by atoms with Crippen molar-refractivity contribution < 1.29 is 18.8 Å². The van der Waals surface area contributed by atoms with Crippen LogP contribution in [0.25, 0.3) is 0 Å². The van der Waals surface area contributed by atoms with Crippen LogP contribution in [0, 0.1) is 6.92 Å². The number of carbonyl (C=O) groups excluding carboxylic acids is 1. The number of nitrogens with one attached hydrogen (secondary N) is 1. The topological polar surface area (TPSA) is 73.6 Å². The molecule has 1 aromatic heterocycles. The van der Waals surface area contributed by atoms with Gasteiger partial charge in [0.1, 0.15) is 6.10 Å². The number of carbonyl (C=O) groups is 1. The number of aromatic nitrogens is 1. The van der Waals surface area contributed by atoms with Gasteiger partial charge in [-0.3, -0.25) is 4.79 Å². The largest absolute Gasteiger partial charge is 0.351 e. The molecule has 6 nitrogen and oxygen atoms in total. The van der Waals surface area contributed by atoms with Crippen LogP contribution < -0.4 is 5.32 Å². The summed E-state index contributed by atoms with van der Waals surface area (Å²) in [6.45, 7) is 6.31. The molecule has 1 N–H and O–H groups in total. The number of hydrogen-bond donors (Lipinski definition) is 1. The van der Waals surface area contributed by atoms with Crippen LogP contribution in [0.1, 0.15) is 30.1 Å². The van der Waals surface area contributed by atoms with Crippen LogP contribution in [0.4, 0.5) is 0 Å². The minimum Gasteiger partial charge on any atom is -0.351 e. The molecule has 1 saturated heterocycles. The second-order valence-electron chi connectivity index (χ2n) is 4.49. The van der Waals surface area contributed by atoms with Crippen molar-refractivity contribution in [2.45, 2.75) is 32.7 Å². The molecule has 1 fully saturated rings. The SMILES string of the molecule is Cc1cc(C(=O)NCC2COC(C)(C)O2)on1. The third-order valence-corrected chi connectivity index (χ3v) is 2.41. The fraction of sp³-hybridized carbons (Fsp3) is 0.636. The van der Waals surface area contributed by atoms with Crippen molar-refractivity contribution in [1.29, 1.82) is 0 Å². The predicted octanol–water partition coefficient (Wildman–Crippen LogP) is 0.864. The van der Waals surface area contributed by atoms with E-state index >= 15 is 0 Å². The summed E-state index contributed by atoms with van der Waals surface area (Å²) in [4.78, 5) is 11.6. The molecule has 1 aromatic rings. The molecule has 1 unspecified atom stereocenters. The molecule has 1 aliphatic rings. The van der Waals surface area contributed by atoms with Crippen molar-refractivity contribution in [1.82, 2.24) is 10.5 Å². The Bertz CT molecular complexity index is 413. The van der Waals surface area contributed by atoms with Crippen LogP contribution in [0.15, 0.2) is 10.6 Å². The normalized spacial score (nSPS) is 22.6. The Labute approximate surface area is 99.2 Å². The van der Waals surface area contributed by atoms with Gasteiger partial charge in [-0.2, -0.15) is 0 Å². The summed E-state index contributed by atoms with van der Waals surface area (Å²) in [5, 5.41) is 6.36. The number of aryl methyl sites for hydroxylation is 1. The summed E-state index contributed by atoms with van der Waals surface area (Å²) in [6, 6.07) is 1.59. The Morgan fingerprint density at radius 3 is 2.94 bits per heavy atom. The summed E-state index contributed by atoms with van der Waals surface area (Å²) < 4.78 is 15.8. The highest BCUT2D eigenvalue weighted by Crippen LogP contribution is 2.21. The average Bonchev–Trinajstić information content (AvgIpc) is 2.81. The lowest BCUT2D eigenvalue weighted by atomic mass is 10.3. The highest BCUT2D eigenvalue weighted by atomic mass is 16.7. The van der Waals surface area contributed by atoms with Gasteiger partial charge in [0.25, 0.3) is 5.91 Å². The lowest BCUT2D eigenvalue weighted by molar-refractivity contribution is -0.137. The molecular weight excluding hydrogens is 224 g/mol. The van der Waals surface area contributed by atoms with E-state index in [9.17, 15) is 4.79 Å². The zero-order chi connectivity index (χ0) is 12.5. The van der Waals surface area contributed by atoms with Crippen molar-refractivity contribution in [3.05, 3.63) is 17.5 Å². The van der Waals surface area contributed by atoms with Crippen molar-refractivity contribution in [2.75, 3.05) is 13.2 Å². The Balaban J connectivity index is 1.81. The number of nitrogens with zero attached hydrogens (tertiary/aromatic N) is 1. The molecular formula is C11H16N2O4. The maximum atomic E-state index is 11.6. The Morgan fingerprint density at radius 2 is 2.41 bits per heavy atom. The number of amides is 1. The van der Waals surface area contributed by atoms with Crippen molar-refractivity contribution >= 4 is 5.91 Å². The third kappa shape index (κ3) is 3.04. The second kappa shape index (κ2) is 4.46. The molecule has 0 aromatic carbocycles. The van der Waals surface area contributed by atoms with Gasteiger partial charge in [0.15, 0.2) is 5.79 Å². The summed E-state index contributed by atoms with van der Waals surface area (Å²) in [6.07, 6.45) is -0.127. The van der Waals surface area contributed by atoms with Crippen LogP contribution in [-0.2, 0) is 9.47 Å². The molecule has 1 aliphatic heterocycles. The maximum Gasteiger partial charge on any atom is 0.289 e. The van der Waals surface area contributed by atoms with E-state index in [-0.39, 0.29) is 17.8 Å². The number of ether oxygens (including phenoxy) is 2. The Morgan fingerprint density at radius 1 is 1.65 bits per heavy atom. The zero-order valence-corrected chi connectivity index (χ0v) is 10.1. The lowest BCUT2D eigenvalue weighted by Crippen LogP contribution is -2.34. The number of hydrogen-bond acceptors (Lipinski definition) is 5. The van der Waals surface area contributed by atoms with E-state index in [1.54, 1.807) is 13.0 Å². The quantitative estimate of drug-likeness (QED) is 0.848. The van der Waals surface area contributed by atoms with E-state index in [0.29, 0.717) is 18.8 Å². The van der Waals surface area contributed by atoms with E-state index in [0.717, 1.165) is 0 Å². The zero-order valence-electron chi connectivity index (χ0n) is 10.1. The molecule has 1 amide bonds. The first-order chi connectivity index (χ1) is 7.96. The fourth-order valence-corrected chi connectivity index (χ4v) is 1.63. The molecule has 17 heavy (non-hydrogen) atoms. The highest BCUT2D eigenvalue weighted by molar-refractivity contribution is 5.91. The second-order valence-corrected chi connectivity index (χ2v) is 4.49. The van der Waals surface area contributed by atoms with E-state index in [2.05, 4.69) is 10.5 Å². The smallest absolute Gasteiger partial charge is 0.289 e. The van der Waals surface area contributed by atoms with E-state index < -0.39 is 5.79 Å². The van der Waals surface area contributed by atoms with Gasteiger partial charge in [-0.05, 0) is 20.8 Å². The molecule has 6 heteroatoms. The van der Waals surface area contributed by atoms with Gasteiger partial charge in [0.05, 0.1) is 12.3 Å². The molecule has 0 bridgehead atoms. The van der Waals surface area contributed by atoms with Gasteiger partial charge in [-0.1, -0.05) is 5.16 Å². The van der Waals surface area contributed by atoms with Crippen LogP contribution >= 0.6 is 0 Å². The van der Waals surface area contributed by atoms with Crippen LogP contribution in [0.3, 0.4) is 0 Å². The van der Waals surface area contributed by atoms with Gasteiger partial charge in [0, 0.05) is 12.6 Å². The summed E-state index contributed by atoms with van der Waals surface area (Å²) in [5.74, 6) is -0.655. The summed E-state index contributed by atoms with van der Waals surface area (Å²) >= 11 is 0. The fourth-order valence-electron chi connectivity index (χ4n) is 1.63. The van der Waals surface area contributed by atoms with Gasteiger partial charge in [-0.25, -0.2) is 0 Å². The monoisotopic (exact) mass is 240 g/mol. The first-order valence-corrected chi connectivity index (χ1v) is 5.49. The van der Waals surface area contributed by atoms with Gasteiger partial charge in [0.2, 0.25) is 5.76 Å². The van der Waals surface area contributed by atoms with Gasteiger partial charge >= 0.3 is 0 Å².